The first-order valence-electron chi connectivity index (χ1n) is 7.56. The van der Waals surface area contributed by atoms with Crippen molar-refractivity contribution in [3.63, 3.8) is 0 Å². The summed E-state index contributed by atoms with van der Waals surface area (Å²) in [6.07, 6.45) is 0. The molecule has 0 spiro atoms. The monoisotopic (exact) mass is 367 g/mol. The molecule has 0 saturated carbocycles. The minimum atomic E-state index is -3.02. The summed E-state index contributed by atoms with van der Waals surface area (Å²) in [4.78, 5) is 25.7. The van der Waals surface area contributed by atoms with E-state index in [4.69, 9.17) is 0 Å². The summed E-state index contributed by atoms with van der Waals surface area (Å²) in [6, 6.07) is 10.4. The summed E-state index contributed by atoms with van der Waals surface area (Å²) in [6.45, 7) is -2.78. The number of alkyl halides is 2. The third kappa shape index (κ3) is 3.63. The maximum atomic E-state index is 12.7. The predicted molar refractivity (Wildman–Crippen MR) is 87.2 cm³/mol. The molecule has 3 rings (SSSR count). The van der Waals surface area contributed by atoms with Crippen LogP contribution in [0.5, 0.6) is 5.75 Å². The fourth-order valence-electron chi connectivity index (χ4n) is 3.04. The van der Waals surface area contributed by atoms with Crippen LogP contribution >= 0.6 is 11.3 Å². The largest absolute Gasteiger partial charge is 0.481 e. The van der Waals surface area contributed by atoms with E-state index in [1.807, 2.05) is 30.3 Å². The number of thiophene rings is 1. The van der Waals surface area contributed by atoms with Crippen molar-refractivity contribution >= 4 is 23.2 Å². The highest BCUT2D eigenvalue weighted by Gasteiger charge is 2.41. The molecule has 0 bridgehead atoms. The molecule has 1 N–H and O–H groups in total. The molecule has 1 aromatic carbocycles. The number of carbonyl (C=O) groups excluding carboxylic acids is 1. The van der Waals surface area contributed by atoms with E-state index in [-0.39, 0.29) is 29.6 Å². The summed E-state index contributed by atoms with van der Waals surface area (Å²) in [7, 11) is 0. The highest BCUT2D eigenvalue weighted by Crippen LogP contribution is 2.36. The molecular formula is C17H15F2NO4S. The van der Waals surface area contributed by atoms with Gasteiger partial charge in [-0.2, -0.15) is 8.78 Å². The third-order valence-corrected chi connectivity index (χ3v) is 5.08. The van der Waals surface area contributed by atoms with Gasteiger partial charge in [0, 0.05) is 19.0 Å². The number of nitrogens with zero attached hydrogens (tertiary/aromatic N) is 1. The van der Waals surface area contributed by atoms with Crippen LogP contribution in [0.25, 0.3) is 0 Å². The number of benzene rings is 1. The molecule has 5 nitrogen and oxygen atoms in total. The van der Waals surface area contributed by atoms with Gasteiger partial charge in [-0.3, -0.25) is 9.59 Å². The van der Waals surface area contributed by atoms with Crippen LogP contribution in [0.4, 0.5) is 8.78 Å². The average Bonchev–Trinajstić information content (AvgIpc) is 3.21. The molecule has 1 saturated heterocycles. The van der Waals surface area contributed by atoms with Gasteiger partial charge in [0.25, 0.3) is 5.91 Å². The van der Waals surface area contributed by atoms with Crippen molar-refractivity contribution < 1.29 is 28.2 Å². The van der Waals surface area contributed by atoms with E-state index in [1.165, 1.54) is 16.3 Å². The summed E-state index contributed by atoms with van der Waals surface area (Å²) < 4.78 is 29.3. The number of likely N-dealkylation sites (tertiary alicyclic amines) is 1. The van der Waals surface area contributed by atoms with Crippen LogP contribution < -0.4 is 4.74 Å². The minimum Gasteiger partial charge on any atom is -0.481 e. The first-order valence-corrected chi connectivity index (χ1v) is 8.44. The molecule has 0 radical (unpaired) electrons. The number of aliphatic carboxylic acids is 1. The van der Waals surface area contributed by atoms with Gasteiger partial charge >= 0.3 is 12.6 Å². The zero-order valence-corrected chi connectivity index (χ0v) is 13.8. The molecule has 0 aliphatic carbocycles. The maximum Gasteiger partial charge on any atom is 0.387 e. The molecule has 25 heavy (non-hydrogen) atoms. The number of halogens is 2. The Hall–Kier alpha value is -2.48. The Bertz CT molecular complexity index is 765. The molecule has 2 heterocycles. The molecule has 1 aliphatic heterocycles. The summed E-state index contributed by atoms with van der Waals surface area (Å²) in [5.41, 5.74) is 0.834. The predicted octanol–water partition coefficient (Wildman–Crippen LogP) is 3.29. The lowest BCUT2D eigenvalue weighted by Gasteiger charge is -2.16. The molecule has 1 aliphatic rings. The molecule has 2 unspecified atom stereocenters. The van der Waals surface area contributed by atoms with Crippen molar-refractivity contribution in [2.45, 2.75) is 12.5 Å². The number of hydrogen-bond acceptors (Lipinski definition) is 4. The van der Waals surface area contributed by atoms with Gasteiger partial charge in [-0.25, -0.2) is 0 Å². The first kappa shape index (κ1) is 17.3. The quantitative estimate of drug-likeness (QED) is 0.881. The summed E-state index contributed by atoms with van der Waals surface area (Å²) >= 11 is 0.996. The zero-order valence-electron chi connectivity index (χ0n) is 13.0. The second-order valence-corrected chi connectivity index (χ2v) is 6.58. The Morgan fingerprint density at radius 1 is 1.20 bits per heavy atom. The van der Waals surface area contributed by atoms with Crippen LogP contribution in [-0.4, -0.2) is 41.6 Å². The Kier molecular flexibility index (Phi) is 4.98. The maximum absolute atomic E-state index is 12.7. The minimum absolute atomic E-state index is 0.0275. The van der Waals surface area contributed by atoms with E-state index in [2.05, 4.69) is 4.74 Å². The Balaban J connectivity index is 1.83. The van der Waals surface area contributed by atoms with Crippen molar-refractivity contribution in [3.05, 3.63) is 52.2 Å². The standard InChI is InChI=1S/C17H15F2NO4S/c18-17(19)24-13-6-7-25-14(13)15(21)20-8-11(12(9-20)16(22)23)10-4-2-1-3-5-10/h1-7,11-12,17H,8-9H2,(H,22,23). The van der Waals surface area contributed by atoms with Crippen LogP contribution in [0.1, 0.15) is 21.2 Å². The van der Waals surface area contributed by atoms with Crippen molar-refractivity contribution in [2.24, 2.45) is 5.92 Å². The summed E-state index contributed by atoms with van der Waals surface area (Å²) in [5, 5.41) is 11.0. The Labute approximate surface area is 146 Å². The number of hydrogen-bond donors (Lipinski definition) is 1. The summed E-state index contributed by atoms with van der Waals surface area (Å²) in [5.74, 6) is -2.75. The second kappa shape index (κ2) is 7.18. The van der Waals surface area contributed by atoms with Crippen LogP contribution in [0.15, 0.2) is 41.8 Å². The normalized spacial score (nSPS) is 20.0. The number of carbonyl (C=O) groups is 2. The zero-order chi connectivity index (χ0) is 18.0. The highest BCUT2D eigenvalue weighted by atomic mass is 32.1. The third-order valence-electron chi connectivity index (χ3n) is 4.19. The highest BCUT2D eigenvalue weighted by molar-refractivity contribution is 7.12. The smallest absolute Gasteiger partial charge is 0.387 e. The van der Waals surface area contributed by atoms with Crippen molar-refractivity contribution in [2.75, 3.05) is 13.1 Å². The Morgan fingerprint density at radius 3 is 2.56 bits per heavy atom. The molecule has 1 fully saturated rings. The SMILES string of the molecule is O=C(O)C1CN(C(=O)c2sccc2OC(F)F)CC1c1ccccc1. The lowest BCUT2D eigenvalue weighted by atomic mass is 9.89. The van der Waals surface area contributed by atoms with Gasteiger partial charge in [0.05, 0.1) is 5.92 Å². The molecule has 2 aromatic rings. The fourth-order valence-corrected chi connectivity index (χ4v) is 3.83. The van der Waals surface area contributed by atoms with Gasteiger partial charge < -0.3 is 14.7 Å². The number of amides is 1. The average molecular weight is 367 g/mol. The second-order valence-electron chi connectivity index (χ2n) is 5.66. The van der Waals surface area contributed by atoms with Gasteiger partial charge in [-0.1, -0.05) is 30.3 Å². The lowest BCUT2D eigenvalue weighted by molar-refractivity contribution is -0.141. The molecule has 1 amide bonds. The van der Waals surface area contributed by atoms with E-state index < -0.39 is 24.4 Å². The number of carboxylic acid groups (broad SMARTS) is 1. The van der Waals surface area contributed by atoms with Crippen LogP contribution in [-0.2, 0) is 4.79 Å². The van der Waals surface area contributed by atoms with E-state index >= 15 is 0 Å². The van der Waals surface area contributed by atoms with Gasteiger partial charge in [-0.05, 0) is 17.0 Å². The lowest BCUT2D eigenvalue weighted by Crippen LogP contribution is -2.29. The number of ether oxygens (including phenoxy) is 1. The molecule has 2 atom stereocenters. The number of rotatable bonds is 5. The van der Waals surface area contributed by atoms with E-state index in [0.717, 1.165) is 16.9 Å². The van der Waals surface area contributed by atoms with Crippen LogP contribution in [0, 0.1) is 5.92 Å². The van der Waals surface area contributed by atoms with Gasteiger partial charge in [0.15, 0.2) is 0 Å². The molecular weight excluding hydrogens is 352 g/mol. The fraction of sp³-hybridized carbons (Fsp3) is 0.294. The number of carboxylic acids is 1. The first-order chi connectivity index (χ1) is 12.0. The van der Waals surface area contributed by atoms with E-state index in [0.29, 0.717) is 0 Å². The van der Waals surface area contributed by atoms with Gasteiger partial charge in [-0.15, -0.1) is 11.3 Å². The van der Waals surface area contributed by atoms with Gasteiger partial charge in [0.2, 0.25) is 0 Å². The van der Waals surface area contributed by atoms with Crippen molar-refractivity contribution in [1.29, 1.82) is 0 Å². The van der Waals surface area contributed by atoms with Crippen molar-refractivity contribution in [3.8, 4) is 5.75 Å². The Morgan fingerprint density at radius 2 is 1.92 bits per heavy atom. The van der Waals surface area contributed by atoms with E-state index in [1.54, 1.807) is 0 Å². The van der Waals surface area contributed by atoms with Crippen LogP contribution in [0.2, 0.25) is 0 Å². The van der Waals surface area contributed by atoms with Gasteiger partial charge in [0.1, 0.15) is 10.6 Å². The van der Waals surface area contributed by atoms with E-state index in [9.17, 15) is 23.5 Å². The molecule has 1 aromatic heterocycles. The van der Waals surface area contributed by atoms with Crippen molar-refractivity contribution in [1.82, 2.24) is 4.90 Å². The molecule has 132 valence electrons. The van der Waals surface area contributed by atoms with Crippen LogP contribution in [0.3, 0.4) is 0 Å². The topological polar surface area (TPSA) is 66.8 Å². The molecule has 8 heteroatoms.